The number of sulfonamides is 1. The first kappa shape index (κ1) is 14.5. The summed E-state index contributed by atoms with van der Waals surface area (Å²) in [4.78, 5) is 3.49. The van der Waals surface area contributed by atoms with Gasteiger partial charge in [-0.05, 0) is 25.1 Å². The molecule has 1 aromatic heterocycles. The van der Waals surface area contributed by atoms with Gasteiger partial charge in [0.1, 0.15) is 10.7 Å². The van der Waals surface area contributed by atoms with E-state index in [1.54, 1.807) is 6.92 Å². The van der Waals surface area contributed by atoms with Gasteiger partial charge in [0.05, 0.1) is 11.6 Å². The topological polar surface area (TPSA) is 97.0 Å². The summed E-state index contributed by atoms with van der Waals surface area (Å²) in [6.45, 7) is 2.08. The van der Waals surface area contributed by atoms with E-state index in [2.05, 4.69) is 19.9 Å². The molecule has 108 valence electrons. The van der Waals surface area contributed by atoms with E-state index in [0.717, 1.165) is 18.2 Å². The van der Waals surface area contributed by atoms with Crippen LogP contribution in [0.15, 0.2) is 23.1 Å². The average molecular weight is 321 g/mol. The Morgan fingerprint density at radius 3 is 2.90 bits per heavy atom. The lowest BCUT2D eigenvalue weighted by Gasteiger charge is -2.06. The highest BCUT2D eigenvalue weighted by Gasteiger charge is 2.20. The third-order valence-corrected chi connectivity index (χ3v) is 3.97. The fourth-order valence-corrected chi connectivity index (χ4v) is 2.85. The minimum Gasteiger partial charge on any atom is -0.463 e. The van der Waals surface area contributed by atoms with E-state index in [4.69, 9.17) is 16.3 Å². The van der Waals surface area contributed by atoms with E-state index in [0.29, 0.717) is 6.61 Å². The Kier molecular flexibility index (Phi) is 4.09. The van der Waals surface area contributed by atoms with Crippen molar-refractivity contribution in [2.75, 3.05) is 11.3 Å². The van der Waals surface area contributed by atoms with Crippen LogP contribution in [-0.4, -0.2) is 30.2 Å². The number of rotatable bonds is 5. The van der Waals surface area contributed by atoms with Crippen molar-refractivity contribution in [1.82, 2.24) is 15.2 Å². The molecule has 20 heavy (non-hydrogen) atoms. The lowest BCUT2D eigenvalue weighted by molar-refractivity contribution is 0.314. The molecule has 2 rings (SSSR count). The first-order chi connectivity index (χ1) is 9.42. The second-order valence-corrected chi connectivity index (χ2v) is 5.64. The van der Waals surface area contributed by atoms with Crippen LogP contribution in [0.25, 0.3) is 0 Å². The van der Waals surface area contributed by atoms with Crippen LogP contribution in [0.4, 0.5) is 10.3 Å². The molecule has 0 amide bonds. The van der Waals surface area contributed by atoms with Gasteiger partial charge < -0.3 is 4.74 Å². The Labute approximate surface area is 119 Å². The van der Waals surface area contributed by atoms with Crippen molar-refractivity contribution in [3.05, 3.63) is 29.0 Å². The zero-order valence-corrected chi connectivity index (χ0v) is 11.8. The van der Waals surface area contributed by atoms with Crippen molar-refractivity contribution < 1.29 is 17.5 Å². The fourth-order valence-electron chi connectivity index (χ4n) is 1.36. The summed E-state index contributed by atoms with van der Waals surface area (Å²) in [7, 11) is -4.00. The molecule has 2 aromatic rings. The van der Waals surface area contributed by atoms with Gasteiger partial charge in [-0.15, -0.1) is 5.10 Å². The van der Waals surface area contributed by atoms with Gasteiger partial charge in [-0.3, -0.25) is 0 Å². The highest BCUT2D eigenvalue weighted by Crippen LogP contribution is 2.23. The summed E-state index contributed by atoms with van der Waals surface area (Å²) >= 11 is 5.71. The molecule has 1 heterocycles. The summed E-state index contributed by atoms with van der Waals surface area (Å²) in [6, 6.07) is 2.96. The molecule has 0 saturated carbocycles. The highest BCUT2D eigenvalue weighted by molar-refractivity contribution is 7.92. The lowest BCUT2D eigenvalue weighted by Crippen LogP contribution is -2.14. The molecule has 0 atom stereocenters. The number of nitrogens with one attached hydrogen (secondary N) is 2. The molecular weight excluding hydrogens is 311 g/mol. The van der Waals surface area contributed by atoms with Crippen LogP contribution in [0.2, 0.25) is 5.02 Å². The molecule has 0 bridgehead atoms. The van der Waals surface area contributed by atoms with Gasteiger partial charge in [-0.1, -0.05) is 11.6 Å². The van der Waals surface area contributed by atoms with Gasteiger partial charge in [0.25, 0.3) is 10.0 Å². The molecule has 10 heteroatoms. The van der Waals surface area contributed by atoms with Gasteiger partial charge >= 0.3 is 6.01 Å². The van der Waals surface area contributed by atoms with E-state index in [1.807, 2.05) is 0 Å². The van der Waals surface area contributed by atoms with Crippen LogP contribution in [0, 0.1) is 5.82 Å². The van der Waals surface area contributed by atoms with Crippen molar-refractivity contribution >= 4 is 27.6 Å². The number of benzene rings is 1. The van der Waals surface area contributed by atoms with E-state index in [-0.39, 0.29) is 21.9 Å². The predicted octanol–water partition coefficient (Wildman–Crippen LogP) is 1.80. The Bertz CT molecular complexity index is 719. The summed E-state index contributed by atoms with van der Waals surface area (Å²) in [5, 5.41) is 5.76. The first-order valence-corrected chi connectivity index (χ1v) is 7.31. The lowest BCUT2D eigenvalue weighted by atomic mass is 10.3. The normalized spacial score (nSPS) is 11.3. The molecule has 0 spiro atoms. The molecule has 0 saturated heterocycles. The molecule has 7 nitrogen and oxygen atoms in total. The number of halogens is 2. The van der Waals surface area contributed by atoms with Gasteiger partial charge in [0.2, 0.25) is 5.95 Å². The summed E-state index contributed by atoms with van der Waals surface area (Å²) in [5.74, 6) is -0.763. The summed E-state index contributed by atoms with van der Waals surface area (Å²) in [5.41, 5.74) is 0. The molecule has 2 N–H and O–H groups in total. The second kappa shape index (κ2) is 5.63. The summed E-state index contributed by atoms with van der Waals surface area (Å²) < 4.78 is 44.1. The van der Waals surface area contributed by atoms with Crippen molar-refractivity contribution in [1.29, 1.82) is 0 Å². The van der Waals surface area contributed by atoms with E-state index >= 15 is 0 Å². The third-order valence-electron chi connectivity index (χ3n) is 2.15. The van der Waals surface area contributed by atoms with Crippen molar-refractivity contribution in [3.63, 3.8) is 0 Å². The molecule has 0 aliphatic heterocycles. The molecular formula is C10H10ClFN4O3S. The van der Waals surface area contributed by atoms with Crippen LogP contribution in [0.3, 0.4) is 0 Å². The number of hydrogen-bond acceptors (Lipinski definition) is 5. The van der Waals surface area contributed by atoms with E-state index < -0.39 is 15.8 Å². The van der Waals surface area contributed by atoms with Crippen LogP contribution >= 0.6 is 11.6 Å². The fraction of sp³-hybridized carbons (Fsp3) is 0.200. The largest absolute Gasteiger partial charge is 0.463 e. The standard InChI is InChI=1S/C10H10ClFN4O3S/c1-2-19-10-13-9(14-15-10)16-20(17,18)8-4-3-6(12)5-7(8)11/h3-5H,2H2,1H3,(H2,13,14,15,16). The Balaban J connectivity index is 2.26. The smallest absolute Gasteiger partial charge is 0.337 e. The number of anilines is 1. The SMILES string of the molecule is CCOc1n[nH]c(NS(=O)(=O)c2ccc(F)cc2Cl)n1. The zero-order chi connectivity index (χ0) is 14.8. The zero-order valence-electron chi connectivity index (χ0n) is 10.2. The number of aromatic nitrogens is 3. The minimum absolute atomic E-state index is 0.00963. The maximum Gasteiger partial charge on any atom is 0.337 e. The monoisotopic (exact) mass is 320 g/mol. The predicted molar refractivity (Wildman–Crippen MR) is 69.8 cm³/mol. The van der Waals surface area contributed by atoms with Crippen LogP contribution < -0.4 is 9.46 Å². The van der Waals surface area contributed by atoms with E-state index in [9.17, 15) is 12.8 Å². The Hall–Kier alpha value is -1.87. The van der Waals surface area contributed by atoms with Crippen LogP contribution in [0.5, 0.6) is 6.01 Å². The van der Waals surface area contributed by atoms with Gasteiger partial charge in [-0.25, -0.2) is 22.6 Å². The number of hydrogen-bond donors (Lipinski definition) is 2. The van der Waals surface area contributed by atoms with Gasteiger partial charge in [0.15, 0.2) is 0 Å². The average Bonchev–Trinajstić information content (AvgIpc) is 2.75. The molecule has 0 unspecified atom stereocenters. The maximum absolute atomic E-state index is 12.9. The second-order valence-electron chi connectivity index (χ2n) is 3.58. The van der Waals surface area contributed by atoms with Gasteiger partial charge in [-0.2, -0.15) is 4.98 Å². The Morgan fingerprint density at radius 1 is 1.50 bits per heavy atom. The molecule has 0 radical (unpaired) electrons. The molecule has 1 aromatic carbocycles. The van der Waals surface area contributed by atoms with Crippen LogP contribution in [0.1, 0.15) is 6.92 Å². The number of aromatic amines is 1. The maximum atomic E-state index is 12.9. The van der Waals surface area contributed by atoms with Crippen molar-refractivity contribution in [3.8, 4) is 6.01 Å². The number of ether oxygens (including phenoxy) is 1. The quantitative estimate of drug-likeness (QED) is 0.875. The number of nitrogens with zero attached hydrogens (tertiary/aromatic N) is 2. The van der Waals surface area contributed by atoms with Crippen molar-refractivity contribution in [2.45, 2.75) is 11.8 Å². The van der Waals surface area contributed by atoms with E-state index in [1.165, 1.54) is 0 Å². The number of H-pyrrole nitrogens is 1. The van der Waals surface area contributed by atoms with Gasteiger partial charge in [0, 0.05) is 0 Å². The molecule has 0 fully saturated rings. The molecule has 0 aliphatic carbocycles. The van der Waals surface area contributed by atoms with Crippen LogP contribution in [-0.2, 0) is 10.0 Å². The summed E-state index contributed by atoms with van der Waals surface area (Å²) in [6.07, 6.45) is 0. The third kappa shape index (κ3) is 3.17. The first-order valence-electron chi connectivity index (χ1n) is 5.45. The Morgan fingerprint density at radius 2 is 2.25 bits per heavy atom. The molecule has 0 aliphatic rings. The highest BCUT2D eigenvalue weighted by atomic mass is 35.5. The van der Waals surface area contributed by atoms with Crippen molar-refractivity contribution in [2.24, 2.45) is 0 Å². The minimum atomic E-state index is -4.00.